The zero-order chi connectivity index (χ0) is 22.4. The number of sulfonamides is 1. The second-order valence-corrected chi connectivity index (χ2v) is 11.5. The molecule has 0 aliphatic carbocycles. The van der Waals surface area contributed by atoms with Gasteiger partial charge < -0.3 is 5.32 Å². The van der Waals surface area contributed by atoms with Gasteiger partial charge in [0.1, 0.15) is 0 Å². The Labute approximate surface area is 197 Å². The minimum Gasteiger partial charge on any atom is -0.325 e. The van der Waals surface area contributed by atoms with Gasteiger partial charge in [-0.05, 0) is 71.5 Å². The molecular weight excluding hydrogens is 460 g/mol. The molecule has 2 aromatic carbocycles. The second-order valence-electron chi connectivity index (χ2n) is 7.72. The number of aryl methyl sites for hydroxylation is 1. The number of anilines is 1. The molecule has 8 heteroatoms. The van der Waals surface area contributed by atoms with E-state index in [1.54, 1.807) is 51.7 Å². The van der Waals surface area contributed by atoms with E-state index >= 15 is 0 Å². The molecule has 0 bridgehead atoms. The maximum Gasteiger partial charge on any atom is 0.243 e. The van der Waals surface area contributed by atoms with E-state index in [9.17, 15) is 13.2 Å². The molecule has 32 heavy (non-hydrogen) atoms. The van der Waals surface area contributed by atoms with E-state index in [-0.39, 0.29) is 5.91 Å². The lowest BCUT2D eigenvalue weighted by Gasteiger charge is -2.15. The van der Waals surface area contributed by atoms with E-state index in [4.69, 9.17) is 0 Å². The van der Waals surface area contributed by atoms with Crippen molar-refractivity contribution >= 4 is 44.7 Å². The van der Waals surface area contributed by atoms with Crippen molar-refractivity contribution in [1.29, 1.82) is 0 Å². The summed E-state index contributed by atoms with van der Waals surface area (Å²) in [6.45, 7) is 1.19. The summed E-state index contributed by atoms with van der Waals surface area (Å²) in [4.78, 5) is 13.9. The molecule has 1 aliphatic heterocycles. The molecule has 0 atom stereocenters. The van der Waals surface area contributed by atoms with Crippen LogP contribution in [-0.4, -0.2) is 31.7 Å². The van der Waals surface area contributed by atoms with Crippen LogP contribution in [0.4, 0.5) is 5.69 Å². The molecule has 1 fully saturated rings. The molecule has 4 rings (SSSR count). The minimum absolute atomic E-state index is 0.0534. The molecule has 168 valence electrons. The molecule has 0 spiro atoms. The Kier molecular flexibility index (Phi) is 7.67. The maximum absolute atomic E-state index is 12.6. The molecule has 0 radical (unpaired) electrons. The van der Waals surface area contributed by atoms with Crippen LogP contribution in [0.15, 0.2) is 75.1 Å². The number of amides is 1. The van der Waals surface area contributed by atoms with Crippen molar-refractivity contribution in [2.24, 2.45) is 0 Å². The SMILES string of the molecule is O=C(CCc1ccc(S(=O)(=O)N2CCCC2)cc1)Nc1ccccc1SCc1ccsc1. The lowest BCUT2D eigenvalue weighted by atomic mass is 10.1. The number of thioether (sulfide) groups is 1. The molecular formula is C24H26N2O3S3. The highest BCUT2D eigenvalue weighted by molar-refractivity contribution is 7.98. The lowest BCUT2D eigenvalue weighted by molar-refractivity contribution is -0.116. The van der Waals surface area contributed by atoms with Crippen molar-refractivity contribution in [2.45, 2.75) is 41.2 Å². The summed E-state index contributed by atoms with van der Waals surface area (Å²) in [5.41, 5.74) is 3.04. The van der Waals surface area contributed by atoms with Gasteiger partial charge in [-0.25, -0.2) is 8.42 Å². The third-order valence-electron chi connectivity index (χ3n) is 5.40. The first-order valence-corrected chi connectivity index (χ1v) is 14.0. The number of hydrogen-bond donors (Lipinski definition) is 1. The fraction of sp³-hybridized carbons (Fsp3) is 0.292. The van der Waals surface area contributed by atoms with E-state index < -0.39 is 10.0 Å². The fourth-order valence-corrected chi connectivity index (χ4v) is 6.85. The minimum atomic E-state index is -3.40. The Hall–Kier alpha value is -2.13. The van der Waals surface area contributed by atoms with Gasteiger partial charge in [0.25, 0.3) is 0 Å². The number of hydrogen-bond acceptors (Lipinski definition) is 5. The van der Waals surface area contributed by atoms with Crippen LogP contribution < -0.4 is 5.32 Å². The molecule has 2 heterocycles. The summed E-state index contributed by atoms with van der Waals surface area (Å²) < 4.78 is 26.8. The number of nitrogens with zero attached hydrogens (tertiary/aromatic N) is 1. The molecule has 5 nitrogen and oxygen atoms in total. The topological polar surface area (TPSA) is 66.5 Å². The quantitative estimate of drug-likeness (QED) is 0.412. The first kappa shape index (κ1) is 23.0. The van der Waals surface area contributed by atoms with Gasteiger partial charge in [-0.1, -0.05) is 24.3 Å². The monoisotopic (exact) mass is 486 g/mol. The number of carbonyl (C=O) groups excluding carboxylic acids is 1. The van der Waals surface area contributed by atoms with Crippen molar-refractivity contribution in [2.75, 3.05) is 18.4 Å². The molecule has 1 N–H and O–H groups in total. The molecule has 0 saturated carbocycles. The third-order valence-corrected chi connectivity index (χ3v) is 9.19. The Balaban J connectivity index is 1.31. The van der Waals surface area contributed by atoms with Crippen molar-refractivity contribution in [3.63, 3.8) is 0 Å². The number of carbonyl (C=O) groups is 1. The van der Waals surface area contributed by atoms with Crippen LogP contribution in [0.1, 0.15) is 30.4 Å². The normalized spacial score (nSPS) is 14.5. The first-order valence-electron chi connectivity index (χ1n) is 10.6. The molecule has 1 saturated heterocycles. The molecule has 1 amide bonds. The summed E-state index contributed by atoms with van der Waals surface area (Å²) in [6, 6.07) is 16.9. The van der Waals surface area contributed by atoms with Crippen LogP contribution in [0.2, 0.25) is 0 Å². The smallest absolute Gasteiger partial charge is 0.243 e. The van der Waals surface area contributed by atoms with E-state index in [1.807, 2.05) is 24.3 Å². The first-order chi connectivity index (χ1) is 15.5. The molecule has 0 unspecified atom stereocenters. The van der Waals surface area contributed by atoms with Gasteiger partial charge in [-0.15, -0.1) is 11.8 Å². The van der Waals surface area contributed by atoms with E-state index in [2.05, 4.69) is 22.1 Å². The van der Waals surface area contributed by atoms with Gasteiger partial charge in [-0.3, -0.25) is 4.79 Å². The highest BCUT2D eigenvalue weighted by atomic mass is 32.2. The van der Waals surface area contributed by atoms with Gasteiger partial charge in [0, 0.05) is 30.2 Å². The summed E-state index contributed by atoms with van der Waals surface area (Å²) >= 11 is 3.39. The number of rotatable bonds is 9. The summed E-state index contributed by atoms with van der Waals surface area (Å²) in [7, 11) is -3.40. The van der Waals surface area contributed by atoms with Crippen molar-refractivity contribution < 1.29 is 13.2 Å². The zero-order valence-corrected chi connectivity index (χ0v) is 20.1. The van der Waals surface area contributed by atoms with Crippen LogP contribution >= 0.6 is 23.1 Å². The Bertz CT molecular complexity index is 1140. The summed E-state index contributed by atoms with van der Waals surface area (Å²) in [5.74, 6) is 0.811. The van der Waals surface area contributed by atoms with Crippen molar-refractivity contribution in [1.82, 2.24) is 4.31 Å². The number of para-hydroxylation sites is 1. The standard InChI is InChI=1S/C24H26N2O3S3/c27-24(25-22-5-1-2-6-23(22)31-18-20-13-16-30-17-20)12-9-19-7-10-21(11-8-19)32(28,29)26-14-3-4-15-26/h1-2,5-8,10-11,13,16-17H,3-4,9,12,14-15,18H2,(H,25,27). The zero-order valence-electron chi connectivity index (χ0n) is 17.7. The number of thiophene rings is 1. The predicted octanol–water partition coefficient (Wildman–Crippen LogP) is 5.40. The Morgan fingerprint density at radius 2 is 1.75 bits per heavy atom. The van der Waals surface area contributed by atoms with Crippen LogP contribution in [0, 0.1) is 0 Å². The number of benzene rings is 2. The van der Waals surface area contributed by atoms with Crippen LogP contribution in [0.5, 0.6) is 0 Å². The fourth-order valence-electron chi connectivity index (χ4n) is 3.61. The van der Waals surface area contributed by atoms with Crippen LogP contribution in [-0.2, 0) is 27.0 Å². The summed E-state index contributed by atoms with van der Waals surface area (Å²) in [5, 5.41) is 7.23. The largest absolute Gasteiger partial charge is 0.325 e. The van der Waals surface area contributed by atoms with Crippen LogP contribution in [0.3, 0.4) is 0 Å². The Morgan fingerprint density at radius 1 is 1.00 bits per heavy atom. The second kappa shape index (κ2) is 10.7. The summed E-state index contributed by atoms with van der Waals surface area (Å²) in [6.07, 6.45) is 2.73. The van der Waals surface area contributed by atoms with E-state index in [0.29, 0.717) is 30.8 Å². The van der Waals surface area contributed by atoms with Gasteiger partial charge in [0.05, 0.1) is 10.6 Å². The van der Waals surface area contributed by atoms with Crippen LogP contribution in [0.25, 0.3) is 0 Å². The number of nitrogens with one attached hydrogen (secondary N) is 1. The van der Waals surface area contributed by atoms with Gasteiger partial charge in [-0.2, -0.15) is 15.6 Å². The van der Waals surface area contributed by atoms with E-state index in [1.165, 1.54) is 5.56 Å². The Morgan fingerprint density at radius 3 is 2.47 bits per heavy atom. The highest BCUT2D eigenvalue weighted by Crippen LogP contribution is 2.30. The maximum atomic E-state index is 12.6. The van der Waals surface area contributed by atoms with Gasteiger partial charge in [0.2, 0.25) is 15.9 Å². The molecule has 1 aliphatic rings. The molecule has 1 aromatic heterocycles. The van der Waals surface area contributed by atoms with Crippen molar-refractivity contribution in [3.8, 4) is 0 Å². The third kappa shape index (κ3) is 5.81. The van der Waals surface area contributed by atoms with E-state index in [0.717, 1.165) is 34.7 Å². The molecule has 3 aromatic rings. The highest BCUT2D eigenvalue weighted by Gasteiger charge is 2.26. The van der Waals surface area contributed by atoms with Gasteiger partial charge >= 0.3 is 0 Å². The lowest BCUT2D eigenvalue weighted by Crippen LogP contribution is -2.27. The average Bonchev–Trinajstić information content (AvgIpc) is 3.52. The van der Waals surface area contributed by atoms with Crippen molar-refractivity contribution in [3.05, 3.63) is 76.5 Å². The average molecular weight is 487 g/mol. The van der Waals surface area contributed by atoms with Gasteiger partial charge in [0.15, 0.2) is 0 Å². The predicted molar refractivity (Wildman–Crippen MR) is 132 cm³/mol.